The molecule has 0 unspecified atom stereocenters. The molecule has 0 heterocycles. The largest absolute Gasteiger partial charge is 0.489 e. The topological polar surface area (TPSA) is 137 Å². The molecule has 4 rings (SSSR count). The predicted molar refractivity (Wildman–Crippen MR) is 230 cm³/mol. The number of nitrogens with two attached hydrogens (primary N) is 1. The first kappa shape index (κ1) is 48.7. The fourth-order valence-corrected chi connectivity index (χ4v) is 5.93. The van der Waals surface area contributed by atoms with E-state index in [1.807, 2.05) is 72.8 Å². The lowest BCUT2D eigenvalue weighted by molar-refractivity contribution is -0.0399. The highest BCUT2D eigenvalue weighted by Gasteiger charge is 2.37. The summed E-state index contributed by atoms with van der Waals surface area (Å²) in [6.07, 6.45) is 0. The van der Waals surface area contributed by atoms with Gasteiger partial charge in [0.25, 0.3) is 0 Å². The predicted octanol–water partition coefficient (Wildman–Crippen LogP) is 5.82. The zero-order valence-corrected chi connectivity index (χ0v) is 35.0. The van der Waals surface area contributed by atoms with Crippen molar-refractivity contribution in [3.8, 4) is 5.75 Å². The molecule has 0 aliphatic carbocycles. The van der Waals surface area contributed by atoms with Crippen molar-refractivity contribution in [2.24, 2.45) is 0 Å². The van der Waals surface area contributed by atoms with Crippen molar-refractivity contribution in [1.82, 2.24) is 0 Å². The normalized spacial score (nSPS) is 11.6. The van der Waals surface area contributed by atoms with Crippen LogP contribution in [0, 0.1) is 0 Å². The maximum Gasteiger partial charge on any atom is 0.143 e. The molecule has 13 heteroatoms. The SMILES string of the molecule is Nc1ccccc1OCCOCCOCCOCCOCCOCCOCCOCCOCCOCCOCCOC(c1ccccc1)(c1ccccc1)c1ccccc1. The van der Waals surface area contributed by atoms with E-state index in [1.54, 1.807) is 6.07 Å². The Labute approximate surface area is 356 Å². The van der Waals surface area contributed by atoms with Crippen LogP contribution in [0.15, 0.2) is 115 Å². The van der Waals surface area contributed by atoms with Crippen LogP contribution in [-0.2, 0) is 57.7 Å². The molecule has 0 radical (unpaired) electrons. The Morgan fingerprint density at radius 2 is 0.533 bits per heavy atom. The second-order valence-electron chi connectivity index (χ2n) is 13.1. The highest BCUT2D eigenvalue weighted by molar-refractivity contribution is 5.51. The van der Waals surface area contributed by atoms with E-state index in [4.69, 9.17) is 62.6 Å². The maximum absolute atomic E-state index is 6.74. The van der Waals surface area contributed by atoms with Gasteiger partial charge in [-0.2, -0.15) is 0 Å². The third kappa shape index (κ3) is 20.1. The molecule has 0 fully saturated rings. The van der Waals surface area contributed by atoms with Gasteiger partial charge in [0, 0.05) is 0 Å². The average Bonchev–Trinajstić information content (AvgIpc) is 3.29. The van der Waals surface area contributed by atoms with Gasteiger partial charge in [-0.05, 0) is 28.8 Å². The van der Waals surface area contributed by atoms with Gasteiger partial charge in [-0.3, -0.25) is 0 Å². The fourth-order valence-electron chi connectivity index (χ4n) is 5.93. The van der Waals surface area contributed by atoms with Gasteiger partial charge < -0.3 is 62.6 Å². The lowest BCUT2D eigenvalue weighted by Crippen LogP contribution is -2.34. The summed E-state index contributed by atoms with van der Waals surface area (Å²) in [6.45, 7) is 10.6. The smallest absolute Gasteiger partial charge is 0.143 e. The van der Waals surface area contributed by atoms with Crippen molar-refractivity contribution in [2.45, 2.75) is 5.60 Å². The Bertz CT molecular complexity index is 1470. The Hall–Kier alpha value is -3.96. The molecule has 0 saturated carbocycles. The van der Waals surface area contributed by atoms with Gasteiger partial charge in [-0.1, -0.05) is 103 Å². The van der Waals surface area contributed by atoms with Crippen molar-refractivity contribution in [2.75, 3.05) is 151 Å². The molecule has 60 heavy (non-hydrogen) atoms. The van der Waals surface area contributed by atoms with Crippen LogP contribution in [-0.4, -0.2) is 145 Å². The molecule has 0 saturated heterocycles. The second-order valence-corrected chi connectivity index (χ2v) is 13.1. The minimum Gasteiger partial charge on any atom is -0.489 e. The first-order chi connectivity index (χ1) is 29.8. The van der Waals surface area contributed by atoms with Crippen LogP contribution in [0.3, 0.4) is 0 Å². The lowest BCUT2D eigenvalue weighted by atomic mass is 9.80. The van der Waals surface area contributed by atoms with Crippen LogP contribution in [0.4, 0.5) is 5.69 Å². The molecular formula is C47H65NO12. The third-order valence-corrected chi connectivity index (χ3v) is 8.84. The van der Waals surface area contributed by atoms with Crippen molar-refractivity contribution >= 4 is 5.69 Å². The van der Waals surface area contributed by atoms with E-state index >= 15 is 0 Å². The number of ether oxygens (including phenoxy) is 12. The van der Waals surface area contributed by atoms with Gasteiger partial charge in [0.15, 0.2) is 0 Å². The van der Waals surface area contributed by atoms with Crippen LogP contribution >= 0.6 is 0 Å². The molecule has 0 bridgehead atoms. The highest BCUT2D eigenvalue weighted by Crippen LogP contribution is 2.40. The summed E-state index contributed by atoms with van der Waals surface area (Å²) >= 11 is 0. The first-order valence-corrected chi connectivity index (χ1v) is 20.9. The number of rotatable bonds is 38. The van der Waals surface area contributed by atoms with Crippen LogP contribution in [0.25, 0.3) is 0 Å². The summed E-state index contributed by atoms with van der Waals surface area (Å²) in [6, 6.07) is 38.4. The number of para-hydroxylation sites is 2. The van der Waals surface area contributed by atoms with Crippen LogP contribution in [0.5, 0.6) is 5.75 Å². The van der Waals surface area contributed by atoms with E-state index in [-0.39, 0.29) is 0 Å². The van der Waals surface area contributed by atoms with E-state index in [0.29, 0.717) is 157 Å². The number of hydrogen-bond donors (Lipinski definition) is 1. The molecular weight excluding hydrogens is 771 g/mol. The lowest BCUT2D eigenvalue weighted by Gasteiger charge is -2.36. The summed E-state index contributed by atoms with van der Waals surface area (Å²) in [4.78, 5) is 0. The molecule has 0 amide bonds. The van der Waals surface area contributed by atoms with Crippen LogP contribution in [0.2, 0.25) is 0 Å². The number of hydrogen-bond acceptors (Lipinski definition) is 13. The van der Waals surface area contributed by atoms with Gasteiger partial charge in [0.2, 0.25) is 0 Å². The number of benzene rings is 4. The number of nitrogen functional groups attached to an aromatic ring is 1. The van der Waals surface area contributed by atoms with Gasteiger partial charge in [-0.15, -0.1) is 0 Å². The van der Waals surface area contributed by atoms with Crippen LogP contribution < -0.4 is 10.5 Å². The quantitative estimate of drug-likeness (QED) is 0.0330. The summed E-state index contributed by atoms with van der Waals surface area (Å²) in [5, 5.41) is 0. The summed E-state index contributed by atoms with van der Waals surface area (Å²) in [5.41, 5.74) is 8.89. The Balaban J connectivity index is 0.845. The molecule has 4 aromatic carbocycles. The minimum atomic E-state index is -0.755. The zero-order chi connectivity index (χ0) is 41.9. The van der Waals surface area contributed by atoms with Crippen molar-refractivity contribution in [3.63, 3.8) is 0 Å². The Kier molecular flexibility index (Phi) is 26.6. The summed E-state index contributed by atoms with van der Waals surface area (Å²) in [5.74, 6) is 0.666. The maximum atomic E-state index is 6.74. The van der Waals surface area contributed by atoms with Gasteiger partial charge in [0.1, 0.15) is 18.0 Å². The van der Waals surface area contributed by atoms with E-state index < -0.39 is 5.60 Å². The molecule has 0 spiro atoms. The molecule has 0 atom stereocenters. The highest BCUT2D eigenvalue weighted by atomic mass is 16.6. The van der Waals surface area contributed by atoms with E-state index in [0.717, 1.165) is 16.7 Å². The molecule has 330 valence electrons. The van der Waals surface area contributed by atoms with Gasteiger partial charge in [0.05, 0.1) is 144 Å². The van der Waals surface area contributed by atoms with Crippen LogP contribution in [0.1, 0.15) is 16.7 Å². The molecule has 4 aromatic rings. The Morgan fingerprint density at radius 1 is 0.283 bits per heavy atom. The monoisotopic (exact) mass is 835 g/mol. The van der Waals surface area contributed by atoms with E-state index in [1.165, 1.54) is 0 Å². The van der Waals surface area contributed by atoms with Crippen molar-refractivity contribution in [3.05, 3.63) is 132 Å². The molecule has 0 aromatic heterocycles. The number of anilines is 1. The minimum absolute atomic E-state index is 0.413. The average molecular weight is 836 g/mol. The Morgan fingerprint density at radius 3 is 0.833 bits per heavy atom. The van der Waals surface area contributed by atoms with Crippen molar-refractivity contribution < 1.29 is 56.8 Å². The molecule has 13 nitrogen and oxygen atoms in total. The second kappa shape index (κ2) is 32.8. The third-order valence-electron chi connectivity index (χ3n) is 8.84. The van der Waals surface area contributed by atoms with Crippen molar-refractivity contribution in [1.29, 1.82) is 0 Å². The fraction of sp³-hybridized carbons (Fsp3) is 0.489. The molecule has 2 N–H and O–H groups in total. The molecule has 0 aliphatic rings. The summed E-state index contributed by atoms with van der Waals surface area (Å²) < 4.78 is 68.1. The van der Waals surface area contributed by atoms with E-state index in [2.05, 4.69) is 36.4 Å². The van der Waals surface area contributed by atoms with E-state index in [9.17, 15) is 0 Å². The standard InChI is InChI=1S/C47H65NO12/c48-45-18-10-11-19-46(45)59-40-38-57-36-34-55-32-30-53-28-26-51-24-22-49-20-21-50-23-25-52-27-29-54-31-33-56-35-37-58-39-41-60-47(42-12-4-1-5-13-42,43-14-6-2-7-15-43)44-16-8-3-9-17-44/h1-19H,20-41,48H2. The first-order valence-electron chi connectivity index (χ1n) is 20.9. The summed E-state index contributed by atoms with van der Waals surface area (Å²) in [7, 11) is 0. The zero-order valence-electron chi connectivity index (χ0n) is 35.0. The van der Waals surface area contributed by atoms with Gasteiger partial charge in [-0.25, -0.2) is 0 Å². The molecule has 0 aliphatic heterocycles. The van der Waals surface area contributed by atoms with Gasteiger partial charge >= 0.3 is 0 Å².